The summed E-state index contributed by atoms with van der Waals surface area (Å²) < 4.78 is 0. The molecular formula is C14H18N4O2S. The van der Waals surface area contributed by atoms with Crippen LogP contribution in [0.1, 0.15) is 19.3 Å². The summed E-state index contributed by atoms with van der Waals surface area (Å²) in [7, 11) is 0. The molecule has 2 atom stereocenters. The van der Waals surface area contributed by atoms with Crippen molar-refractivity contribution < 1.29 is 9.59 Å². The van der Waals surface area contributed by atoms with Gasteiger partial charge in [-0.2, -0.15) is 0 Å². The lowest BCUT2D eigenvalue weighted by Gasteiger charge is -2.14. The van der Waals surface area contributed by atoms with Crippen LogP contribution in [0.4, 0.5) is 5.69 Å². The zero-order valence-electron chi connectivity index (χ0n) is 11.5. The van der Waals surface area contributed by atoms with Gasteiger partial charge in [0.25, 0.3) is 5.91 Å². The van der Waals surface area contributed by atoms with E-state index in [1.807, 2.05) is 30.3 Å². The minimum absolute atomic E-state index is 0.0844. The molecule has 2 amide bonds. The van der Waals surface area contributed by atoms with Crippen molar-refractivity contribution >= 4 is 34.8 Å². The fourth-order valence-electron chi connectivity index (χ4n) is 2.23. The molecule has 1 saturated heterocycles. The van der Waals surface area contributed by atoms with Crippen molar-refractivity contribution in [3.63, 3.8) is 0 Å². The normalized spacial score (nSPS) is 19.5. The van der Waals surface area contributed by atoms with Crippen LogP contribution in [-0.4, -0.2) is 29.0 Å². The summed E-state index contributed by atoms with van der Waals surface area (Å²) in [6, 6.07) is 8.20. The van der Waals surface area contributed by atoms with Gasteiger partial charge in [-0.3, -0.25) is 14.5 Å². The van der Waals surface area contributed by atoms with Crippen LogP contribution in [0.15, 0.2) is 30.3 Å². The molecule has 0 spiro atoms. The average Bonchev–Trinajstić information content (AvgIpc) is 2.74. The summed E-state index contributed by atoms with van der Waals surface area (Å²) in [6.45, 7) is 0. The first-order valence-electron chi connectivity index (χ1n) is 6.75. The predicted octanol–water partition coefficient (Wildman–Crippen LogP) is 0.259. The number of hydrogen-bond donors (Lipinski definition) is 3. The highest BCUT2D eigenvalue weighted by molar-refractivity contribution is 7.80. The van der Waals surface area contributed by atoms with Crippen LogP contribution in [0.3, 0.4) is 0 Å². The average molecular weight is 306 g/mol. The highest BCUT2D eigenvalue weighted by atomic mass is 32.1. The van der Waals surface area contributed by atoms with Gasteiger partial charge in [0.05, 0.1) is 11.7 Å². The second-order valence-electron chi connectivity index (χ2n) is 4.95. The van der Waals surface area contributed by atoms with E-state index in [9.17, 15) is 9.59 Å². The lowest BCUT2D eigenvalue weighted by molar-refractivity contribution is -0.119. The third-order valence-corrected chi connectivity index (χ3v) is 3.71. The number of carbonyl (C=O) groups is 2. The summed E-state index contributed by atoms with van der Waals surface area (Å²) in [6.07, 6.45) is 1.64. The second kappa shape index (κ2) is 6.64. The molecule has 0 unspecified atom stereocenters. The summed E-state index contributed by atoms with van der Waals surface area (Å²) in [5, 5.41) is 3.40. The Hall–Kier alpha value is -1.99. The van der Waals surface area contributed by atoms with E-state index in [-0.39, 0.29) is 11.9 Å². The first kappa shape index (κ1) is 15.4. The quantitative estimate of drug-likeness (QED) is 0.654. The van der Waals surface area contributed by atoms with Crippen molar-refractivity contribution in [2.45, 2.75) is 31.3 Å². The van der Waals surface area contributed by atoms with Crippen LogP contribution in [0, 0.1) is 0 Å². The van der Waals surface area contributed by atoms with Crippen LogP contribution in [0.5, 0.6) is 0 Å². The standard InChI is InChI=1S/C14H18N4O2S/c15-10(12(16)19)7-4-8-11-13(20)18(14(21)17-11)9-5-2-1-3-6-9/h1-3,5-6,10-11H,4,7-8,15H2,(H2,16,19)(H,17,21)/t10-,11-/m1/s1. The molecule has 112 valence electrons. The number of benzene rings is 1. The largest absolute Gasteiger partial charge is 0.368 e. The first-order valence-corrected chi connectivity index (χ1v) is 7.16. The monoisotopic (exact) mass is 306 g/mol. The molecule has 1 aromatic carbocycles. The molecule has 5 N–H and O–H groups in total. The minimum Gasteiger partial charge on any atom is -0.368 e. The Morgan fingerprint density at radius 2 is 2.05 bits per heavy atom. The first-order chi connectivity index (χ1) is 10.0. The zero-order valence-corrected chi connectivity index (χ0v) is 12.3. The molecule has 0 bridgehead atoms. The van der Waals surface area contributed by atoms with Gasteiger partial charge >= 0.3 is 0 Å². The molecule has 6 nitrogen and oxygen atoms in total. The number of carbonyl (C=O) groups excluding carboxylic acids is 2. The van der Waals surface area contributed by atoms with Crippen molar-refractivity contribution in [3.8, 4) is 0 Å². The van der Waals surface area contributed by atoms with E-state index in [0.717, 1.165) is 5.69 Å². The van der Waals surface area contributed by atoms with Gasteiger partial charge in [0.2, 0.25) is 5.91 Å². The van der Waals surface area contributed by atoms with Gasteiger partial charge in [-0.05, 0) is 43.6 Å². The fourth-order valence-corrected chi connectivity index (χ4v) is 2.57. The Kier molecular flexibility index (Phi) is 4.87. The Morgan fingerprint density at radius 3 is 2.67 bits per heavy atom. The molecule has 2 rings (SSSR count). The highest BCUT2D eigenvalue weighted by Gasteiger charge is 2.35. The van der Waals surface area contributed by atoms with E-state index >= 15 is 0 Å². The van der Waals surface area contributed by atoms with Gasteiger partial charge in [-0.1, -0.05) is 18.2 Å². The molecule has 1 fully saturated rings. The Balaban J connectivity index is 1.94. The van der Waals surface area contributed by atoms with E-state index in [0.29, 0.717) is 24.4 Å². The van der Waals surface area contributed by atoms with Gasteiger partial charge in [-0.25, -0.2) is 0 Å². The van der Waals surface area contributed by atoms with Crippen molar-refractivity contribution in [1.29, 1.82) is 0 Å². The molecule has 0 aromatic heterocycles. The van der Waals surface area contributed by atoms with Gasteiger partial charge in [-0.15, -0.1) is 0 Å². The zero-order chi connectivity index (χ0) is 15.4. The van der Waals surface area contributed by atoms with Crippen molar-refractivity contribution in [3.05, 3.63) is 30.3 Å². The van der Waals surface area contributed by atoms with Crippen LogP contribution < -0.4 is 21.7 Å². The second-order valence-corrected chi connectivity index (χ2v) is 5.34. The van der Waals surface area contributed by atoms with E-state index < -0.39 is 11.9 Å². The van der Waals surface area contributed by atoms with Crippen LogP contribution in [-0.2, 0) is 9.59 Å². The van der Waals surface area contributed by atoms with E-state index in [4.69, 9.17) is 23.7 Å². The molecule has 1 aromatic rings. The molecule has 0 saturated carbocycles. The summed E-state index contributed by atoms with van der Waals surface area (Å²) >= 11 is 5.22. The lowest BCUT2D eigenvalue weighted by Crippen LogP contribution is -2.37. The smallest absolute Gasteiger partial charge is 0.255 e. The third kappa shape index (κ3) is 3.56. The maximum absolute atomic E-state index is 12.4. The van der Waals surface area contributed by atoms with E-state index in [1.165, 1.54) is 4.90 Å². The topological polar surface area (TPSA) is 101 Å². The Bertz CT molecular complexity index is 549. The molecule has 21 heavy (non-hydrogen) atoms. The Morgan fingerprint density at radius 1 is 1.38 bits per heavy atom. The van der Waals surface area contributed by atoms with Crippen molar-refractivity contribution in [2.75, 3.05) is 4.90 Å². The molecule has 1 aliphatic rings. The summed E-state index contributed by atoms with van der Waals surface area (Å²) in [5.74, 6) is -0.610. The summed E-state index contributed by atoms with van der Waals surface area (Å²) in [4.78, 5) is 24.7. The highest BCUT2D eigenvalue weighted by Crippen LogP contribution is 2.21. The lowest BCUT2D eigenvalue weighted by atomic mass is 10.1. The van der Waals surface area contributed by atoms with Crippen LogP contribution in [0.2, 0.25) is 0 Å². The number of nitrogens with two attached hydrogens (primary N) is 2. The van der Waals surface area contributed by atoms with Crippen molar-refractivity contribution in [1.82, 2.24) is 5.32 Å². The number of para-hydroxylation sites is 1. The molecule has 0 aliphatic carbocycles. The van der Waals surface area contributed by atoms with E-state index in [1.54, 1.807) is 0 Å². The number of thiocarbonyl (C=S) groups is 1. The number of primary amides is 1. The summed E-state index contributed by atoms with van der Waals surface area (Å²) in [5.41, 5.74) is 11.4. The molecule has 1 heterocycles. The molecule has 1 aliphatic heterocycles. The number of anilines is 1. The molecule has 0 radical (unpaired) electrons. The predicted molar refractivity (Wildman–Crippen MR) is 84.5 cm³/mol. The number of rotatable bonds is 6. The number of hydrogen-bond acceptors (Lipinski definition) is 4. The Labute approximate surface area is 128 Å². The maximum atomic E-state index is 12.4. The van der Waals surface area contributed by atoms with Crippen molar-refractivity contribution in [2.24, 2.45) is 11.5 Å². The van der Waals surface area contributed by atoms with Gasteiger partial charge in [0, 0.05) is 0 Å². The fraction of sp³-hybridized carbons (Fsp3) is 0.357. The number of amides is 2. The minimum atomic E-state index is -0.668. The SMILES string of the molecule is NC(=O)[C@H](N)CCC[C@H]1NC(=S)N(c2ccccc2)C1=O. The van der Waals surface area contributed by atoms with Gasteiger partial charge in [0.1, 0.15) is 6.04 Å². The molecular weight excluding hydrogens is 288 g/mol. The van der Waals surface area contributed by atoms with Gasteiger partial charge < -0.3 is 16.8 Å². The maximum Gasteiger partial charge on any atom is 0.255 e. The van der Waals surface area contributed by atoms with E-state index in [2.05, 4.69) is 5.32 Å². The molecule has 7 heteroatoms. The number of nitrogens with one attached hydrogen (secondary N) is 1. The van der Waals surface area contributed by atoms with Gasteiger partial charge in [0.15, 0.2) is 5.11 Å². The third-order valence-electron chi connectivity index (χ3n) is 3.41. The van der Waals surface area contributed by atoms with Crippen LogP contribution in [0.25, 0.3) is 0 Å². The van der Waals surface area contributed by atoms with Crippen LogP contribution >= 0.6 is 12.2 Å². The number of nitrogens with zero attached hydrogens (tertiary/aromatic N) is 1.